The molecule has 0 saturated carbocycles. The lowest BCUT2D eigenvalue weighted by Gasteiger charge is -2.34. The van der Waals surface area contributed by atoms with Gasteiger partial charge in [0.25, 0.3) is 0 Å². The van der Waals surface area contributed by atoms with Crippen molar-refractivity contribution in [1.29, 1.82) is 0 Å². The fourth-order valence-electron chi connectivity index (χ4n) is 2.99. The zero-order chi connectivity index (χ0) is 13.8. The number of esters is 1. The van der Waals surface area contributed by atoms with Crippen LogP contribution in [0, 0.1) is 11.8 Å². The average molecular weight is 268 g/mol. The fraction of sp³-hybridized carbons (Fsp3) is 0.857. The van der Waals surface area contributed by atoms with Crippen LogP contribution in [0.3, 0.4) is 0 Å². The maximum Gasteiger partial charge on any atom is 0.310 e. The summed E-state index contributed by atoms with van der Waals surface area (Å²) in [6.45, 7) is 6.52. The molecule has 19 heavy (non-hydrogen) atoms. The maximum absolute atomic E-state index is 12.4. The molecule has 2 rings (SSSR count). The second kappa shape index (κ2) is 6.37. The zero-order valence-corrected chi connectivity index (χ0v) is 11.9. The average Bonchev–Trinajstić information content (AvgIpc) is 2.84. The number of carbonyl (C=O) groups is 2. The lowest BCUT2D eigenvalue weighted by molar-refractivity contribution is -0.151. The highest BCUT2D eigenvalue weighted by Gasteiger charge is 2.36. The van der Waals surface area contributed by atoms with Crippen molar-refractivity contribution in [2.75, 3.05) is 26.2 Å². The number of likely N-dealkylation sites (tertiary alicyclic amines) is 1. The molecule has 2 heterocycles. The minimum atomic E-state index is -0.160. The molecule has 0 aromatic heterocycles. The molecule has 2 fully saturated rings. The number of nitrogens with zero attached hydrogens (tertiary/aromatic N) is 1. The van der Waals surface area contributed by atoms with Crippen LogP contribution in [-0.4, -0.2) is 49.1 Å². The molecule has 0 spiro atoms. The Balaban J connectivity index is 1.93. The van der Waals surface area contributed by atoms with E-state index in [1.165, 1.54) is 0 Å². The number of hydrogen-bond acceptors (Lipinski definition) is 4. The van der Waals surface area contributed by atoms with E-state index in [4.69, 9.17) is 4.74 Å². The smallest absolute Gasteiger partial charge is 0.310 e. The number of amides is 1. The molecule has 3 unspecified atom stereocenters. The number of carbonyl (C=O) groups excluding carboxylic acids is 2. The van der Waals surface area contributed by atoms with Crippen LogP contribution in [0.2, 0.25) is 0 Å². The molecule has 5 nitrogen and oxygen atoms in total. The fourth-order valence-corrected chi connectivity index (χ4v) is 2.99. The third-order valence-electron chi connectivity index (χ3n) is 4.15. The van der Waals surface area contributed by atoms with Gasteiger partial charge in [0.05, 0.1) is 18.6 Å². The number of rotatable bonds is 3. The van der Waals surface area contributed by atoms with Gasteiger partial charge in [0.1, 0.15) is 0 Å². The first-order valence-corrected chi connectivity index (χ1v) is 7.32. The summed E-state index contributed by atoms with van der Waals surface area (Å²) in [5, 5.41) is 3.27. The van der Waals surface area contributed by atoms with E-state index < -0.39 is 0 Å². The lowest BCUT2D eigenvalue weighted by atomic mass is 9.96. The molecule has 1 N–H and O–H groups in total. The van der Waals surface area contributed by atoms with Crippen molar-refractivity contribution in [3.63, 3.8) is 0 Å². The van der Waals surface area contributed by atoms with E-state index in [1.54, 1.807) is 0 Å². The van der Waals surface area contributed by atoms with E-state index in [0.717, 1.165) is 32.4 Å². The van der Waals surface area contributed by atoms with Gasteiger partial charge in [-0.3, -0.25) is 9.59 Å². The summed E-state index contributed by atoms with van der Waals surface area (Å²) in [6.07, 6.45) is 2.76. The quantitative estimate of drug-likeness (QED) is 0.769. The lowest BCUT2D eigenvalue weighted by Crippen LogP contribution is -2.50. The molecule has 2 saturated heterocycles. The zero-order valence-electron chi connectivity index (χ0n) is 11.9. The molecule has 2 aliphatic rings. The van der Waals surface area contributed by atoms with Gasteiger partial charge in [-0.05, 0) is 38.6 Å². The van der Waals surface area contributed by atoms with Crippen molar-refractivity contribution in [3.05, 3.63) is 0 Å². The number of piperidine rings is 1. The van der Waals surface area contributed by atoms with Crippen LogP contribution in [0.15, 0.2) is 0 Å². The van der Waals surface area contributed by atoms with Gasteiger partial charge in [-0.25, -0.2) is 0 Å². The highest BCUT2D eigenvalue weighted by Crippen LogP contribution is 2.22. The van der Waals surface area contributed by atoms with Gasteiger partial charge in [0, 0.05) is 13.1 Å². The Morgan fingerprint density at radius 1 is 1.37 bits per heavy atom. The van der Waals surface area contributed by atoms with Crippen LogP contribution in [0.1, 0.15) is 33.1 Å². The van der Waals surface area contributed by atoms with Crippen molar-refractivity contribution >= 4 is 11.9 Å². The molecule has 0 radical (unpaired) electrons. The molecule has 108 valence electrons. The highest BCUT2D eigenvalue weighted by atomic mass is 16.5. The third kappa shape index (κ3) is 3.26. The minimum absolute atomic E-state index is 0.0686. The van der Waals surface area contributed by atoms with Crippen molar-refractivity contribution in [2.45, 2.75) is 39.2 Å². The van der Waals surface area contributed by atoms with E-state index in [9.17, 15) is 9.59 Å². The van der Waals surface area contributed by atoms with Gasteiger partial charge in [0.2, 0.25) is 5.91 Å². The van der Waals surface area contributed by atoms with Gasteiger partial charge in [-0.2, -0.15) is 0 Å². The van der Waals surface area contributed by atoms with Crippen LogP contribution in [0.25, 0.3) is 0 Å². The Morgan fingerprint density at radius 2 is 2.16 bits per heavy atom. The van der Waals surface area contributed by atoms with Crippen LogP contribution in [0.4, 0.5) is 0 Å². The molecule has 5 heteroatoms. The van der Waals surface area contributed by atoms with Crippen LogP contribution >= 0.6 is 0 Å². The monoisotopic (exact) mass is 268 g/mol. The molecule has 3 atom stereocenters. The number of ether oxygens (including phenoxy) is 1. The summed E-state index contributed by atoms with van der Waals surface area (Å²) in [6, 6.07) is -0.0686. The summed E-state index contributed by atoms with van der Waals surface area (Å²) in [7, 11) is 0. The second-order valence-corrected chi connectivity index (χ2v) is 5.57. The Morgan fingerprint density at radius 3 is 2.79 bits per heavy atom. The predicted octanol–water partition coefficient (Wildman–Crippen LogP) is 0.786. The highest BCUT2D eigenvalue weighted by molar-refractivity contribution is 5.83. The van der Waals surface area contributed by atoms with Gasteiger partial charge >= 0.3 is 5.97 Å². The number of nitrogens with one attached hydrogen (secondary N) is 1. The topological polar surface area (TPSA) is 58.6 Å². The van der Waals surface area contributed by atoms with Crippen LogP contribution in [0.5, 0.6) is 0 Å². The Hall–Kier alpha value is -1.10. The van der Waals surface area contributed by atoms with Crippen molar-refractivity contribution < 1.29 is 14.3 Å². The largest absolute Gasteiger partial charge is 0.466 e. The molecular weight excluding hydrogens is 244 g/mol. The number of hydrogen-bond donors (Lipinski definition) is 1. The molecule has 0 bridgehead atoms. The first-order valence-electron chi connectivity index (χ1n) is 7.32. The standard InChI is InChI=1S/C14H24N2O3/c1-3-19-14(18)11-5-4-8-16(9-11)13(17)12-10(2)6-7-15-12/h10-12,15H,3-9H2,1-2H3. The predicted molar refractivity (Wildman–Crippen MR) is 71.5 cm³/mol. The molecule has 0 aromatic carbocycles. The summed E-state index contributed by atoms with van der Waals surface area (Å²) >= 11 is 0. The molecule has 0 aromatic rings. The maximum atomic E-state index is 12.4. The van der Waals surface area contributed by atoms with Crippen molar-refractivity contribution in [2.24, 2.45) is 11.8 Å². The van der Waals surface area contributed by atoms with Gasteiger partial charge in [0.15, 0.2) is 0 Å². The summed E-state index contributed by atoms with van der Waals surface area (Å²) in [4.78, 5) is 26.1. The van der Waals surface area contributed by atoms with E-state index >= 15 is 0 Å². The van der Waals surface area contributed by atoms with E-state index in [-0.39, 0.29) is 23.8 Å². The first-order chi connectivity index (χ1) is 9.13. The SMILES string of the molecule is CCOC(=O)C1CCCN(C(=O)C2NCCC2C)C1. The Bertz CT molecular complexity index is 346. The third-order valence-corrected chi connectivity index (χ3v) is 4.15. The van der Waals surface area contributed by atoms with Crippen LogP contribution in [-0.2, 0) is 14.3 Å². The van der Waals surface area contributed by atoms with Gasteiger partial charge in [-0.15, -0.1) is 0 Å². The summed E-state index contributed by atoms with van der Waals surface area (Å²) in [5.41, 5.74) is 0. The Kier molecular flexibility index (Phi) is 4.80. The van der Waals surface area contributed by atoms with Crippen molar-refractivity contribution in [3.8, 4) is 0 Å². The summed E-state index contributed by atoms with van der Waals surface area (Å²) < 4.78 is 5.06. The minimum Gasteiger partial charge on any atom is -0.466 e. The normalized spacial score (nSPS) is 31.3. The van der Waals surface area contributed by atoms with E-state index in [1.807, 2.05) is 11.8 Å². The first kappa shape index (κ1) is 14.3. The molecule has 2 aliphatic heterocycles. The van der Waals surface area contributed by atoms with Crippen LogP contribution < -0.4 is 5.32 Å². The van der Waals surface area contributed by atoms with Gasteiger partial charge in [-0.1, -0.05) is 6.92 Å². The molecule has 0 aliphatic carbocycles. The second-order valence-electron chi connectivity index (χ2n) is 5.57. The Labute approximate surface area is 114 Å². The molecule has 1 amide bonds. The van der Waals surface area contributed by atoms with Crippen molar-refractivity contribution in [1.82, 2.24) is 10.2 Å². The summed E-state index contributed by atoms with van der Waals surface area (Å²) in [5.74, 6) is 0.233. The van der Waals surface area contributed by atoms with Gasteiger partial charge < -0.3 is 15.0 Å². The molecular formula is C14H24N2O3. The van der Waals surface area contributed by atoms with E-state index in [2.05, 4.69) is 12.2 Å². The van der Waals surface area contributed by atoms with E-state index in [0.29, 0.717) is 19.1 Å².